The van der Waals surface area contributed by atoms with Gasteiger partial charge >= 0.3 is 5.97 Å². The third kappa shape index (κ3) is 3.68. The molecule has 0 aliphatic rings. The Balaban J connectivity index is 1.97. The summed E-state index contributed by atoms with van der Waals surface area (Å²) in [7, 11) is 0. The van der Waals surface area contributed by atoms with Crippen molar-refractivity contribution >= 4 is 16.7 Å². The fourth-order valence-electron chi connectivity index (χ4n) is 1.99. The van der Waals surface area contributed by atoms with E-state index in [0.29, 0.717) is 12.0 Å². The van der Waals surface area contributed by atoms with Crippen LogP contribution in [0.2, 0.25) is 0 Å². The molecule has 1 N–H and O–H groups in total. The van der Waals surface area contributed by atoms with E-state index >= 15 is 0 Å². The summed E-state index contributed by atoms with van der Waals surface area (Å²) in [5.74, 6) is -0.470. The molecule has 0 bridgehead atoms. The minimum Gasteiger partial charge on any atom is -0.460 e. The summed E-state index contributed by atoms with van der Waals surface area (Å²) in [4.78, 5) is 11.2. The van der Waals surface area contributed by atoms with Crippen molar-refractivity contribution in [2.75, 3.05) is 6.61 Å². The Labute approximate surface area is 118 Å². The van der Waals surface area contributed by atoms with Gasteiger partial charge in [0.05, 0.1) is 6.10 Å². The highest BCUT2D eigenvalue weighted by Gasteiger charge is 2.10. The number of benzene rings is 2. The third-order valence-electron chi connectivity index (χ3n) is 3.04. The third-order valence-corrected chi connectivity index (χ3v) is 3.04. The molecular weight excluding hydrogens is 252 g/mol. The first-order valence-electron chi connectivity index (χ1n) is 6.54. The fraction of sp³-hybridized carbons (Fsp3) is 0.235. The maximum absolute atomic E-state index is 11.2. The van der Waals surface area contributed by atoms with Crippen molar-refractivity contribution in [3.8, 4) is 0 Å². The summed E-state index contributed by atoms with van der Waals surface area (Å²) in [5, 5.41) is 12.2. The van der Waals surface area contributed by atoms with Gasteiger partial charge in [-0.25, -0.2) is 4.79 Å². The predicted octanol–water partition coefficient (Wildman–Crippen LogP) is 2.86. The second-order valence-corrected chi connectivity index (χ2v) is 4.92. The second-order valence-electron chi connectivity index (χ2n) is 4.92. The zero-order valence-electron chi connectivity index (χ0n) is 11.5. The van der Waals surface area contributed by atoms with Crippen LogP contribution in [0.1, 0.15) is 12.5 Å². The molecule has 1 unspecified atom stereocenters. The van der Waals surface area contributed by atoms with Gasteiger partial charge in [-0.15, -0.1) is 0 Å². The van der Waals surface area contributed by atoms with Crippen molar-refractivity contribution in [1.29, 1.82) is 0 Å². The number of carbonyl (C=O) groups excluding carboxylic acids is 1. The predicted molar refractivity (Wildman–Crippen MR) is 79.4 cm³/mol. The molecule has 2 aromatic rings. The topological polar surface area (TPSA) is 46.5 Å². The van der Waals surface area contributed by atoms with Gasteiger partial charge in [-0.1, -0.05) is 49.0 Å². The van der Waals surface area contributed by atoms with E-state index in [1.165, 1.54) is 5.39 Å². The van der Waals surface area contributed by atoms with Crippen LogP contribution in [0.5, 0.6) is 0 Å². The summed E-state index contributed by atoms with van der Waals surface area (Å²) >= 11 is 0. The van der Waals surface area contributed by atoms with Crippen LogP contribution < -0.4 is 0 Å². The van der Waals surface area contributed by atoms with E-state index in [0.717, 1.165) is 10.9 Å². The highest BCUT2D eigenvalue weighted by Crippen LogP contribution is 2.16. The Morgan fingerprint density at radius 3 is 2.65 bits per heavy atom. The summed E-state index contributed by atoms with van der Waals surface area (Å²) < 4.78 is 4.94. The molecule has 0 fully saturated rings. The van der Waals surface area contributed by atoms with Gasteiger partial charge < -0.3 is 9.84 Å². The fourth-order valence-corrected chi connectivity index (χ4v) is 1.99. The molecule has 0 saturated carbocycles. The SMILES string of the molecule is C=C(C)C(=O)OCC(O)Cc1ccc2ccccc2c1. The van der Waals surface area contributed by atoms with Gasteiger partial charge in [0.2, 0.25) is 0 Å². The number of hydrogen-bond donors (Lipinski definition) is 1. The van der Waals surface area contributed by atoms with E-state index in [-0.39, 0.29) is 6.61 Å². The molecule has 3 nitrogen and oxygen atoms in total. The average molecular weight is 270 g/mol. The minimum absolute atomic E-state index is 0.0154. The number of ether oxygens (including phenoxy) is 1. The standard InChI is InChI=1S/C17H18O3/c1-12(2)17(19)20-11-16(18)10-13-7-8-14-5-3-4-6-15(14)9-13/h3-9,16,18H,1,10-11H2,2H3. The van der Waals surface area contributed by atoms with Gasteiger partial charge in [0.15, 0.2) is 0 Å². The molecule has 2 aromatic carbocycles. The highest BCUT2D eigenvalue weighted by molar-refractivity contribution is 5.87. The van der Waals surface area contributed by atoms with Crippen molar-refractivity contribution in [1.82, 2.24) is 0 Å². The lowest BCUT2D eigenvalue weighted by Crippen LogP contribution is -2.21. The van der Waals surface area contributed by atoms with E-state index < -0.39 is 12.1 Å². The first-order chi connectivity index (χ1) is 9.56. The minimum atomic E-state index is -0.709. The van der Waals surface area contributed by atoms with Gasteiger partial charge in [0.1, 0.15) is 6.61 Å². The lowest BCUT2D eigenvalue weighted by atomic mass is 10.0. The Morgan fingerprint density at radius 2 is 1.95 bits per heavy atom. The molecule has 0 radical (unpaired) electrons. The smallest absolute Gasteiger partial charge is 0.333 e. The van der Waals surface area contributed by atoms with Gasteiger partial charge in [0.25, 0.3) is 0 Å². The zero-order chi connectivity index (χ0) is 14.5. The van der Waals surface area contributed by atoms with Crippen LogP contribution in [-0.2, 0) is 16.0 Å². The van der Waals surface area contributed by atoms with Crippen molar-refractivity contribution in [2.45, 2.75) is 19.4 Å². The lowest BCUT2D eigenvalue weighted by Gasteiger charge is -2.12. The van der Waals surface area contributed by atoms with Crippen LogP contribution in [0, 0.1) is 0 Å². The van der Waals surface area contributed by atoms with Crippen molar-refractivity contribution in [3.63, 3.8) is 0 Å². The van der Waals surface area contributed by atoms with Gasteiger partial charge in [0, 0.05) is 12.0 Å². The number of esters is 1. The van der Waals surface area contributed by atoms with E-state index in [1.807, 2.05) is 42.5 Å². The van der Waals surface area contributed by atoms with Crippen LogP contribution in [-0.4, -0.2) is 23.8 Å². The number of carbonyl (C=O) groups is 1. The normalized spacial score (nSPS) is 12.1. The molecule has 2 rings (SSSR count). The zero-order valence-corrected chi connectivity index (χ0v) is 11.5. The van der Waals surface area contributed by atoms with Gasteiger partial charge in [-0.3, -0.25) is 0 Å². The Morgan fingerprint density at radius 1 is 1.25 bits per heavy atom. The van der Waals surface area contributed by atoms with Crippen molar-refractivity contribution < 1.29 is 14.6 Å². The monoisotopic (exact) mass is 270 g/mol. The first kappa shape index (κ1) is 14.3. The molecule has 3 heteroatoms. The average Bonchev–Trinajstić information content (AvgIpc) is 2.44. The lowest BCUT2D eigenvalue weighted by molar-refractivity contribution is -0.141. The number of fused-ring (bicyclic) bond motifs is 1. The van der Waals surface area contributed by atoms with Crippen LogP contribution >= 0.6 is 0 Å². The van der Waals surface area contributed by atoms with E-state index in [9.17, 15) is 9.90 Å². The molecule has 20 heavy (non-hydrogen) atoms. The second kappa shape index (κ2) is 6.35. The maximum Gasteiger partial charge on any atom is 0.333 e. The first-order valence-corrected chi connectivity index (χ1v) is 6.54. The molecule has 0 aliphatic heterocycles. The molecule has 0 aliphatic carbocycles. The number of aliphatic hydroxyl groups excluding tert-OH is 1. The van der Waals surface area contributed by atoms with Crippen LogP contribution in [0.3, 0.4) is 0 Å². The summed E-state index contributed by atoms with van der Waals surface area (Å²) in [6.45, 7) is 5.06. The largest absolute Gasteiger partial charge is 0.460 e. The maximum atomic E-state index is 11.2. The molecule has 104 valence electrons. The van der Waals surface area contributed by atoms with Crippen molar-refractivity contribution in [2.24, 2.45) is 0 Å². The highest BCUT2D eigenvalue weighted by atomic mass is 16.5. The quantitative estimate of drug-likeness (QED) is 0.671. The van der Waals surface area contributed by atoms with Crippen LogP contribution in [0.25, 0.3) is 10.8 Å². The molecule has 1 atom stereocenters. The van der Waals surface area contributed by atoms with E-state index in [1.54, 1.807) is 6.92 Å². The summed E-state index contributed by atoms with van der Waals surface area (Å²) in [6, 6.07) is 14.1. The molecular formula is C17H18O3. The number of rotatable bonds is 5. The van der Waals surface area contributed by atoms with E-state index in [4.69, 9.17) is 4.74 Å². The molecule has 0 heterocycles. The number of aliphatic hydroxyl groups is 1. The molecule has 0 spiro atoms. The Kier molecular flexibility index (Phi) is 4.53. The van der Waals surface area contributed by atoms with E-state index in [2.05, 4.69) is 6.58 Å². The Hall–Kier alpha value is -2.13. The summed E-state index contributed by atoms with van der Waals surface area (Å²) in [6.07, 6.45) is -0.256. The van der Waals surface area contributed by atoms with Gasteiger partial charge in [-0.05, 0) is 23.3 Å². The summed E-state index contributed by atoms with van der Waals surface area (Å²) in [5.41, 5.74) is 1.35. The number of hydrogen-bond acceptors (Lipinski definition) is 3. The van der Waals surface area contributed by atoms with Gasteiger partial charge in [-0.2, -0.15) is 0 Å². The molecule has 0 saturated heterocycles. The molecule has 0 aromatic heterocycles. The van der Waals surface area contributed by atoms with Crippen LogP contribution in [0.15, 0.2) is 54.6 Å². The van der Waals surface area contributed by atoms with Crippen LogP contribution in [0.4, 0.5) is 0 Å². The van der Waals surface area contributed by atoms with Crippen molar-refractivity contribution in [3.05, 3.63) is 60.2 Å². The Bertz CT molecular complexity index is 631. The molecule has 0 amide bonds.